The summed E-state index contributed by atoms with van der Waals surface area (Å²) in [6, 6.07) is 4.37. The van der Waals surface area contributed by atoms with Crippen LogP contribution in [-0.2, 0) is 4.79 Å². The highest BCUT2D eigenvalue weighted by Crippen LogP contribution is 2.26. The summed E-state index contributed by atoms with van der Waals surface area (Å²) >= 11 is 5.84. The third-order valence-electron chi connectivity index (χ3n) is 3.18. The number of benzene rings is 1. The predicted molar refractivity (Wildman–Crippen MR) is 72.2 cm³/mol. The van der Waals surface area contributed by atoms with Crippen LogP contribution in [0.3, 0.4) is 0 Å². The third-order valence-corrected chi connectivity index (χ3v) is 3.51. The molecule has 0 aromatic heterocycles. The van der Waals surface area contributed by atoms with Crippen molar-refractivity contribution in [3.05, 3.63) is 40.7 Å². The molecule has 0 radical (unpaired) electrons. The molecule has 1 fully saturated rings. The van der Waals surface area contributed by atoms with Gasteiger partial charge in [0, 0.05) is 18.2 Å². The topological polar surface area (TPSA) is 49.3 Å². The van der Waals surface area contributed by atoms with Crippen LogP contribution in [0.25, 0.3) is 6.08 Å². The highest BCUT2D eigenvalue weighted by Gasteiger charge is 2.26. The van der Waals surface area contributed by atoms with Gasteiger partial charge in [-0.1, -0.05) is 17.7 Å². The Kier molecular flexibility index (Phi) is 4.56. The van der Waals surface area contributed by atoms with E-state index >= 15 is 0 Å². The number of hydrogen-bond donors (Lipinski definition) is 2. The van der Waals surface area contributed by atoms with E-state index in [4.69, 9.17) is 16.7 Å². The number of aliphatic hydroxyl groups excluding tert-OH is 1. The van der Waals surface area contributed by atoms with Crippen molar-refractivity contribution in [2.75, 3.05) is 6.54 Å². The van der Waals surface area contributed by atoms with Gasteiger partial charge in [0.2, 0.25) is 5.91 Å². The maximum absolute atomic E-state index is 13.4. The number of rotatable bonds is 4. The van der Waals surface area contributed by atoms with Crippen LogP contribution in [0.1, 0.15) is 18.4 Å². The van der Waals surface area contributed by atoms with Crippen LogP contribution in [0.2, 0.25) is 5.02 Å². The number of halogens is 2. The lowest BCUT2D eigenvalue weighted by Gasteiger charge is -2.31. The van der Waals surface area contributed by atoms with Gasteiger partial charge in [-0.3, -0.25) is 4.79 Å². The van der Waals surface area contributed by atoms with Crippen molar-refractivity contribution in [3.63, 3.8) is 0 Å². The minimum absolute atomic E-state index is 0.207. The van der Waals surface area contributed by atoms with Crippen LogP contribution in [0.5, 0.6) is 0 Å². The average Bonchev–Trinajstić information content (AvgIpc) is 2.32. The van der Waals surface area contributed by atoms with E-state index in [9.17, 15) is 9.18 Å². The second-order valence-corrected chi connectivity index (χ2v) is 5.11. The maximum Gasteiger partial charge on any atom is 0.244 e. The van der Waals surface area contributed by atoms with Gasteiger partial charge in [-0.05, 0) is 37.0 Å². The van der Waals surface area contributed by atoms with E-state index in [-0.39, 0.29) is 22.6 Å². The summed E-state index contributed by atoms with van der Waals surface area (Å²) in [5.74, 6) is -0.413. The fraction of sp³-hybridized carbons (Fsp3) is 0.357. The zero-order valence-corrected chi connectivity index (χ0v) is 11.0. The van der Waals surface area contributed by atoms with Gasteiger partial charge in [0.25, 0.3) is 0 Å². The Labute approximate surface area is 116 Å². The zero-order chi connectivity index (χ0) is 13.8. The summed E-state index contributed by atoms with van der Waals surface area (Å²) in [5.41, 5.74) is 0.207. The van der Waals surface area contributed by atoms with Crippen LogP contribution >= 0.6 is 11.6 Å². The summed E-state index contributed by atoms with van der Waals surface area (Å²) in [6.07, 6.45) is 3.85. The molecule has 1 aromatic rings. The molecule has 1 aliphatic rings. The Bertz CT molecular complexity index is 478. The smallest absolute Gasteiger partial charge is 0.244 e. The molecule has 0 bridgehead atoms. The molecule has 19 heavy (non-hydrogen) atoms. The van der Waals surface area contributed by atoms with E-state index in [0.717, 1.165) is 12.8 Å². The molecule has 0 unspecified atom stereocenters. The first kappa shape index (κ1) is 14.0. The van der Waals surface area contributed by atoms with Gasteiger partial charge in [0.1, 0.15) is 5.82 Å². The summed E-state index contributed by atoms with van der Waals surface area (Å²) in [4.78, 5) is 11.5. The molecule has 0 atom stereocenters. The summed E-state index contributed by atoms with van der Waals surface area (Å²) in [5, 5.41) is 12.1. The number of hydrogen-bond acceptors (Lipinski definition) is 2. The van der Waals surface area contributed by atoms with Crippen molar-refractivity contribution in [2.45, 2.75) is 18.9 Å². The van der Waals surface area contributed by atoms with Gasteiger partial charge < -0.3 is 10.4 Å². The highest BCUT2D eigenvalue weighted by atomic mass is 35.5. The second-order valence-electron chi connectivity index (χ2n) is 4.71. The van der Waals surface area contributed by atoms with Gasteiger partial charge in [-0.2, -0.15) is 0 Å². The molecule has 1 saturated carbocycles. The summed E-state index contributed by atoms with van der Waals surface area (Å²) in [6.45, 7) is 0.533. The van der Waals surface area contributed by atoms with E-state index in [1.807, 2.05) is 0 Å². The largest absolute Gasteiger partial charge is 0.393 e. The lowest BCUT2D eigenvalue weighted by Crippen LogP contribution is -2.37. The predicted octanol–water partition coefficient (Wildman–Crippen LogP) is 2.38. The molecular weight excluding hydrogens is 269 g/mol. The molecule has 0 spiro atoms. The third kappa shape index (κ3) is 3.78. The minimum Gasteiger partial charge on any atom is -0.393 e. The maximum atomic E-state index is 13.4. The van der Waals surface area contributed by atoms with Gasteiger partial charge in [-0.25, -0.2) is 4.39 Å². The van der Waals surface area contributed by atoms with Crippen molar-refractivity contribution in [1.82, 2.24) is 5.32 Å². The van der Waals surface area contributed by atoms with Crippen molar-refractivity contribution in [1.29, 1.82) is 0 Å². The van der Waals surface area contributed by atoms with E-state index in [1.165, 1.54) is 24.3 Å². The van der Waals surface area contributed by atoms with Crippen molar-refractivity contribution < 1.29 is 14.3 Å². The van der Waals surface area contributed by atoms with Crippen LogP contribution < -0.4 is 5.32 Å². The first-order valence-electron chi connectivity index (χ1n) is 6.14. The Morgan fingerprint density at radius 3 is 2.89 bits per heavy atom. The molecule has 1 aliphatic carbocycles. The van der Waals surface area contributed by atoms with Crippen LogP contribution in [0, 0.1) is 11.7 Å². The fourth-order valence-corrected chi connectivity index (χ4v) is 2.23. The Hall–Kier alpha value is -1.39. The molecule has 102 valence electrons. The van der Waals surface area contributed by atoms with E-state index in [1.54, 1.807) is 6.07 Å². The average molecular weight is 284 g/mol. The standard InChI is InChI=1S/C14H15ClFNO2/c15-12-2-1-3-13(16)11(12)4-5-14(19)17-8-9-6-10(18)7-9/h1-5,9-10,18H,6-8H2,(H,17,19). The molecule has 0 aliphatic heterocycles. The lowest BCUT2D eigenvalue weighted by molar-refractivity contribution is -0.117. The Balaban J connectivity index is 1.86. The molecule has 1 amide bonds. The Morgan fingerprint density at radius 1 is 1.53 bits per heavy atom. The van der Waals surface area contributed by atoms with E-state index < -0.39 is 5.82 Å². The molecule has 5 heteroatoms. The number of amides is 1. The van der Waals surface area contributed by atoms with Gasteiger partial charge in [0.15, 0.2) is 0 Å². The summed E-state index contributed by atoms with van der Waals surface area (Å²) < 4.78 is 13.4. The first-order valence-corrected chi connectivity index (χ1v) is 6.52. The minimum atomic E-state index is -0.460. The quantitative estimate of drug-likeness (QED) is 0.834. The molecule has 0 heterocycles. The van der Waals surface area contributed by atoms with Gasteiger partial charge in [-0.15, -0.1) is 0 Å². The van der Waals surface area contributed by atoms with Crippen molar-refractivity contribution in [3.8, 4) is 0 Å². The number of nitrogens with one attached hydrogen (secondary N) is 1. The number of carbonyl (C=O) groups excluding carboxylic acids is 1. The van der Waals surface area contributed by atoms with Gasteiger partial charge >= 0.3 is 0 Å². The van der Waals surface area contributed by atoms with Crippen LogP contribution in [0.15, 0.2) is 24.3 Å². The van der Waals surface area contributed by atoms with E-state index in [0.29, 0.717) is 12.5 Å². The second kappa shape index (κ2) is 6.17. The van der Waals surface area contributed by atoms with Crippen molar-refractivity contribution >= 4 is 23.6 Å². The number of carbonyl (C=O) groups is 1. The van der Waals surface area contributed by atoms with E-state index in [2.05, 4.69) is 5.32 Å². The van der Waals surface area contributed by atoms with Crippen LogP contribution in [-0.4, -0.2) is 23.7 Å². The van der Waals surface area contributed by atoms with Crippen molar-refractivity contribution in [2.24, 2.45) is 5.92 Å². The van der Waals surface area contributed by atoms with Crippen LogP contribution in [0.4, 0.5) is 4.39 Å². The number of aliphatic hydroxyl groups is 1. The molecule has 2 rings (SSSR count). The molecule has 0 saturated heterocycles. The highest BCUT2D eigenvalue weighted by molar-refractivity contribution is 6.32. The molecular formula is C14H15ClFNO2. The Morgan fingerprint density at radius 2 is 2.26 bits per heavy atom. The molecule has 1 aromatic carbocycles. The molecule has 3 nitrogen and oxygen atoms in total. The monoisotopic (exact) mass is 283 g/mol. The zero-order valence-electron chi connectivity index (χ0n) is 10.3. The lowest BCUT2D eigenvalue weighted by atomic mass is 9.82. The first-order chi connectivity index (χ1) is 9.06. The normalized spacial score (nSPS) is 22.3. The SMILES string of the molecule is O=C(C=Cc1c(F)cccc1Cl)NCC1CC(O)C1. The van der Waals surface area contributed by atoms with Gasteiger partial charge in [0.05, 0.1) is 11.1 Å². The fourth-order valence-electron chi connectivity index (χ4n) is 2.00. The molecule has 2 N–H and O–H groups in total. The summed E-state index contributed by atoms with van der Waals surface area (Å²) in [7, 11) is 0.